The summed E-state index contributed by atoms with van der Waals surface area (Å²) < 4.78 is 32.2. The fourth-order valence-corrected chi connectivity index (χ4v) is 4.64. The van der Waals surface area contributed by atoms with Crippen LogP contribution in [-0.2, 0) is 14.8 Å². The molecule has 0 unspecified atom stereocenters. The zero-order valence-corrected chi connectivity index (χ0v) is 19.8. The average molecular weight is 445 g/mol. The lowest BCUT2D eigenvalue weighted by Gasteiger charge is -2.18. The molecule has 31 heavy (non-hydrogen) atoms. The molecule has 0 fully saturated rings. The van der Waals surface area contributed by atoms with Crippen molar-refractivity contribution in [3.05, 3.63) is 65.2 Å². The van der Waals surface area contributed by atoms with Crippen LogP contribution in [0.2, 0.25) is 0 Å². The predicted molar refractivity (Wildman–Crippen MR) is 125 cm³/mol. The van der Waals surface area contributed by atoms with Crippen LogP contribution in [0.5, 0.6) is 5.75 Å². The fourth-order valence-electron chi connectivity index (χ4n) is 3.19. The molecule has 0 aliphatic carbocycles. The largest absolute Gasteiger partial charge is 0.492 e. The maximum atomic E-state index is 12.5. The van der Waals surface area contributed by atoms with Crippen LogP contribution >= 0.6 is 0 Å². The van der Waals surface area contributed by atoms with E-state index in [-0.39, 0.29) is 10.8 Å². The van der Waals surface area contributed by atoms with E-state index in [1.165, 1.54) is 10.4 Å². The molecule has 0 saturated carbocycles. The minimum atomic E-state index is -3.48. The highest BCUT2D eigenvalue weighted by Gasteiger charge is 2.20. The van der Waals surface area contributed by atoms with E-state index in [0.717, 1.165) is 22.4 Å². The van der Waals surface area contributed by atoms with Gasteiger partial charge in [0.2, 0.25) is 15.9 Å². The Balaban J connectivity index is 1.91. The summed E-state index contributed by atoms with van der Waals surface area (Å²) in [5, 5.41) is 0. The first kappa shape index (κ1) is 24.6. The summed E-state index contributed by atoms with van der Waals surface area (Å²) in [5.41, 5.74) is 3.03. The van der Waals surface area contributed by atoms with Crippen molar-refractivity contribution >= 4 is 22.0 Å². The second-order valence-electron chi connectivity index (χ2n) is 7.42. The Morgan fingerprint density at radius 1 is 1.00 bits per heavy atom. The highest BCUT2D eigenvalue weighted by molar-refractivity contribution is 7.89. The summed E-state index contributed by atoms with van der Waals surface area (Å²) in [7, 11) is -1.76. The van der Waals surface area contributed by atoms with Gasteiger partial charge in [-0.05, 0) is 60.9 Å². The lowest BCUT2D eigenvalue weighted by Crippen LogP contribution is -2.30. The first-order chi connectivity index (χ1) is 14.7. The Labute approximate surface area is 186 Å². The van der Waals surface area contributed by atoms with Crippen molar-refractivity contribution < 1.29 is 17.9 Å². The first-order valence-electron chi connectivity index (χ1n) is 10.4. The van der Waals surface area contributed by atoms with E-state index in [1.54, 1.807) is 42.3 Å². The fraction of sp³-hybridized carbons (Fsp3) is 0.375. The molecule has 7 heteroatoms. The summed E-state index contributed by atoms with van der Waals surface area (Å²) in [6, 6.07) is 12.6. The maximum absolute atomic E-state index is 12.5. The molecule has 0 heterocycles. The molecule has 6 nitrogen and oxygen atoms in total. The van der Waals surface area contributed by atoms with Crippen molar-refractivity contribution in [3.63, 3.8) is 0 Å². The number of nitrogens with zero attached hydrogens (tertiary/aromatic N) is 2. The maximum Gasteiger partial charge on any atom is 0.246 e. The van der Waals surface area contributed by atoms with Crippen LogP contribution in [-0.4, -0.2) is 56.8 Å². The van der Waals surface area contributed by atoms with E-state index >= 15 is 0 Å². The Hall–Kier alpha value is -2.64. The molecule has 0 N–H and O–H groups in total. The molecule has 0 saturated heterocycles. The molecule has 0 spiro atoms. The third-order valence-corrected chi connectivity index (χ3v) is 6.97. The van der Waals surface area contributed by atoms with Gasteiger partial charge >= 0.3 is 0 Å². The summed E-state index contributed by atoms with van der Waals surface area (Å²) in [4.78, 5) is 14.2. The molecule has 0 aromatic heterocycles. The molecule has 2 aromatic rings. The second-order valence-corrected chi connectivity index (χ2v) is 9.36. The minimum Gasteiger partial charge on any atom is -0.492 e. The van der Waals surface area contributed by atoms with E-state index in [9.17, 15) is 13.2 Å². The number of amides is 1. The lowest BCUT2D eigenvalue weighted by molar-refractivity contribution is -0.125. The van der Waals surface area contributed by atoms with Crippen LogP contribution in [0.1, 0.15) is 30.5 Å². The number of benzene rings is 2. The summed E-state index contributed by atoms with van der Waals surface area (Å²) in [6.45, 7) is 9.37. The number of ether oxygens (including phenoxy) is 1. The molecular formula is C24H32N2O4S. The number of rotatable bonds is 10. The van der Waals surface area contributed by atoms with Crippen molar-refractivity contribution in [2.24, 2.45) is 0 Å². The number of carbonyl (C=O) groups excluding carboxylic acids is 1. The monoisotopic (exact) mass is 444 g/mol. The minimum absolute atomic E-state index is 0.149. The standard InChI is InChI=1S/C24H32N2O4S/c1-6-26(7-2)31(28,29)23-11-8-21(9-12-23)10-13-24(27)25(5)14-15-30-22-17-19(3)16-20(4)18-22/h8-13,16-18H,6-7,14-15H2,1-5H3/b13-10+. The third-order valence-electron chi connectivity index (χ3n) is 4.91. The molecule has 0 aliphatic heterocycles. The van der Waals surface area contributed by atoms with Crippen LogP contribution in [0.3, 0.4) is 0 Å². The highest BCUT2D eigenvalue weighted by Crippen LogP contribution is 2.17. The van der Waals surface area contributed by atoms with Crippen LogP contribution in [0.4, 0.5) is 0 Å². The van der Waals surface area contributed by atoms with Crippen molar-refractivity contribution in [2.75, 3.05) is 33.3 Å². The zero-order valence-electron chi connectivity index (χ0n) is 19.0. The van der Waals surface area contributed by atoms with Crippen molar-refractivity contribution in [1.82, 2.24) is 9.21 Å². The first-order valence-corrected chi connectivity index (χ1v) is 11.9. The predicted octanol–water partition coefficient (Wildman–Crippen LogP) is 3.88. The molecule has 0 atom stereocenters. The van der Waals surface area contributed by atoms with Gasteiger partial charge in [-0.2, -0.15) is 4.31 Å². The van der Waals surface area contributed by atoms with E-state index < -0.39 is 10.0 Å². The summed E-state index contributed by atoms with van der Waals surface area (Å²) in [5.74, 6) is 0.650. The summed E-state index contributed by atoms with van der Waals surface area (Å²) in [6.07, 6.45) is 3.15. The highest BCUT2D eigenvalue weighted by atomic mass is 32.2. The van der Waals surface area contributed by atoms with Gasteiger partial charge in [0.15, 0.2) is 0 Å². The molecule has 2 aromatic carbocycles. The molecule has 168 valence electrons. The summed E-state index contributed by atoms with van der Waals surface area (Å²) >= 11 is 0. The molecule has 0 bridgehead atoms. The van der Waals surface area contributed by atoms with Crippen LogP contribution in [0.15, 0.2) is 53.4 Å². The number of aryl methyl sites for hydroxylation is 2. The smallest absolute Gasteiger partial charge is 0.246 e. The Kier molecular flexibility index (Phi) is 8.83. The van der Waals surface area contributed by atoms with Crippen LogP contribution in [0, 0.1) is 13.8 Å². The van der Waals surface area contributed by atoms with E-state index in [4.69, 9.17) is 4.74 Å². The van der Waals surface area contributed by atoms with Gasteiger partial charge in [0.25, 0.3) is 0 Å². The molecule has 2 rings (SSSR count). The van der Waals surface area contributed by atoms with Crippen molar-refractivity contribution in [1.29, 1.82) is 0 Å². The third kappa shape index (κ3) is 6.94. The number of hydrogen-bond donors (Lipinski definition) is 0. The lowest BCUT2D eigenvalue weighted by atomic mass is 10.1. The van der Waals surface area contributed by atoms with Crippen molar-refractivity contribution in [3.8, 4) is 5.75 Å². The Bertz CT molecular complexity index is 990. The van der Waals surface area contributed by atoms with Gasteiger partial charge < -0.3 is 9.64 Å². The van der Waals surface area contributed by atoms with Gasteiger partial charge in [-0.15, -0.1) is 0 Å². The number of sulfonamides is 1. The Morgan fingerprint density at radius 2 is 1.58 bits per heavy atom. The van der Waals surface area contributed by atoms with Gasteiger partial charge in [0.1, 0.15) is 12.4 Å². The van der Waals surface area contributed by atoms with Gasteiger partial charge in [0.05, 0.1) is 11.4 Å². The number of carbonyl (C=O) groups is 1. The van der Waals surface area contributed by atoms with E-state index in [2.05, 4.69) is 6.07 Å². The topological polar surface area (TPSA) is 66.9 Å². The second kappa shape index (κ2) is 11.1. The number of likely N-dealkylation sites (N-methyl/N-ethyl adjacent to an activating group) is 1. The van der Waals surface area contributed by atoms with Crippen LogP contribution in [0.25, 0.3) is 6.08 Å². The molecule has 0 radical (unpaired) electrons. The van der Waals surface area contributed by atoms with Gasteiger partial charge in [-0.3, -0.25) is 4.79 Å². The zero-order chi connectivity index (χ0) is 23.0. The SMILES string of the molecule is CCN(CC)S(=O)(=O)c1ccc(/C=C/C(=O)N(C)CCOc2cc(C)cc(C)c2)cc1. The quantitative estimate of drug-likeness (QED) is 0.522. The van der Waals surface area contributed by atoms with E-state index in [1.807, 2.05) is 39.8 Å². The van der Waals surface area contributed by atoms with Crippen LogP contribution < -0.4 is 4.74 Å². The molecule has 1 amide bonds. The van der Waals surface area contributed by atoms with E-state index in [0.29, 0.717) is 26.2 Å². The normalized spacial score (nSPS) is 11.8. The van der Waals surface area contributed by atoms with Gasteiger partial charge in [0, 0.05) is 26.2 Å². The Morgan fingerprint density at radius 3 is 2.13 bits per heavy atom. The number of hydrogen-bond acceptors (Lipinski definition) is 4. The van der Waals surface area contributed by atoms with Gasteiger partial charge in [-0.1, -0.05) is 32.0 Å². The van der Waals surface area contributed by atoms with Gasteiger partial charge in [-0.25, -0.2) is 8.42 Å². The molecular weight excluding hydrogens is 412 g/mol. The average Bonchev–Trinajstić information content (AvgIpc) is 2.72. The van der Waals surface area contributed by atoms with Crippen molar-refractivity contribution in [2.45, 2.75) is 32.6 Å². The molecule has 0 aliphatic rings.